The van der Waals surface area contributed by atoms with E-state index in [1.165, 1.54) is 61.8 Å². The van der Waals surface area contributed by atoms with E-state index in [4.69, 9.17) is 0 Å². The lowest BCUT2D eigenvalue weighted by Gasteiger charge is -2.20. The summed E-state index contributed by atoms with van der Waals surface area (Å²) in [4.78, 5) is 0. The summed E-state index contributed by atoms with van der Waals surface area (Å²) in [5, 5.41) is 3.78. The van der Waals surface area contributed by atoms with E-state index in [1.54, 1.807) is 0 Å². The lowest BCUT2D eigenvalue weighted by atomic mass is 9.95. The SMILES string of the molecule is CCCC1CCCC(Nc2ccc(C)cc2C)CC1. The molecule has 1 N–H and O–H groups in total. The third kappa shape index (κ3) is 4.26. The topological polar surface area (TPSA) is 12.0 Å². The van der Waals surface area contributed by atoms with Crippen molar-refractivity contribution in [2.24, 2.45) is 5.92 Å². The second kappa shape index (κ2) is 6.98. The van der Waals surface area contributed by atoms with Crippen LogP contribution in [-0.2, 0) is 0 Å². The molecule has 0 radical (unpaired) electrons. The van der Waals surface area contributed by atoms with E-state index in [9.17, 15) is 0 Å². The third-order valence-corrected chi connectivity index (χ3v) is 4.53. The standard InChI is InChI=1S/C18H29N/c1-4-6-16-7-5-8-17(11-10-16)19-18-12-9-14(2)13-15(18)3/h9,12-13,16-17,19H,4-8,10-11H2,1-3H3. The van der Waals surface area contributed by atoms with Gasteiger partial charge in [-0.25, -0.2) is 0 Å². The number of anilines is 1. The van der Waals surface area contributed by atoms with Crippen LogP contribution in [0.1, 0.15) is 63.0 Å². The molecule has 2 rings (SSSR count). The highest BCUT2D eigenvalue weighted by atomic mass is 14.9. The van der Waals surface area contributed by atoms with Gasteiger partial charge in [0, 0.05) is 11.7 Å². The van der Waals surface area contributed by atoms with Crippen LogP contribution in [-0.4, -0.2) is 6.04 Å². The molecule has 1 heteroatoms. The number of rotatable bonds is 4. The number of hydrogen-bond acceptors (Lipinski definition) is 1. The van der Waals surface area contributed by atoms with Crippen LogP contribution in [0.15, 0.2) is 18.2 Å². The van der Waals surface area contributed by atoms with Gasteiger partial charge in [-0.3, -0.25) is 0 Å². The van der Waals surface area contributed by atoms with E-state index in [0.29, 0.717) is 6.04 Å². The highest BCUT2D eigenvalue weighted by Gasteiger charge is 2.18. The van der Waals surface area contributed by atoms with Crippen molar-refractivity contribution in [1.82, 2.24) is 0 Å². The van der Waals surface area contributed by atoms with Gasteiger partial charge in [-0.1, -0.05) is 50.3 Å². The van der Waals surface area contributed by atoms with E-state index in [-0.39, 0.29) is 0 Å². The van der Waals surface area contributed by atoms with Crippen LogP contribution in [0.25, 0.3) is 0 Å². The molecule has 0 saturated heterocycles. The largest absolute Gasteiger partial charge is 0.382 e. The van der Waals surface area contributed by atoms with Crippen LogP contribution in [0.5, 0.6) is 0 Å². The predicted molar refractivity (Wildman–Crippen MR) is 84.8 cm³/mol. The molecule has 1 aliphatic rings. The first-order valence-electron chi connectivity index (χ1n) is 8.03. The van der Waals surface area contributed by atoms with E-state index in [1.807, 2.05) is 0 Å². The Hall–Kier alpha value is -0.980. The molecular weight excluding hydrogens is 230 g/mol. The summed E-state index contributed by atoms with van der Waals surface area (Å²) in [5.41, 5.74) is 4.07. The minimum Gasteiger partial charge on any atom is -0.382 e. The van der Waals surface area contributed by atoms with Crippen molar-refractivity contribution in [3.63, 3.8) is 0 Å². The molecule has 0 amide bonds. The molecule has 1 saturated carbocycles. The molecule has 2 unspecified atom stereocenters. The lowest BCUT2D eigenvalue weighted by Crippen LogP contribution is -2.19. The highest BCUT2D eigenvalue weighted by molar-refractivity contribution is 5.52. The first-order chi connectivity index (χ1) is 9.19. The average molecular weight is 259 g/mol. The third-order valence-electron chi connectivity index (χ3n) is 4.53. The molecule has 0 aliphatic heterocycles. The van der Waals surface area contributed by atoms with Gasteiger partial charge in [0.05, 0.1) is 0 Å². The highest BCUT2D eigenvalue weighted by Crippen LogP contribution is 2.29. The molecule has 0 aromatic heterocycles. The van der Waals surface area contributed by atoms with Gasteiger partial charge in [-0.05, 0) is 50.7 Å². The second-order valence-corrected chi connectivity index (χ2v) is 6.32. The number of hydrogen-bond donors (Lipinski definition) is 1. The Kier molecular flexibility index (Phi) is 5.30. The van der Waals surface area contributed by atoms with Crippen molar-refractivity contribution in [2.45, 2.75) is 71.8 Å². The number of aryl methyl sites for hydroxylation is 2. The Labute approximate surface area is 118 Å². The van der Waals surface area contributed by atoms with Crippen molar-refractivity contribution in [3.05, 3.63) is 29.3 Å². The van der Waals surface area contributed by atoms with Crippen LogP contribution in [0, 0.1) is 19.8 Å². The van der Waals surface area contributed by atoms with Crippen molar-refractivity contribution in [1.29, 1.82) is 0 Å². The van der Waals surface area contributed by atoms with Gasteiger partial charge >= 0.3 is 0 Å². The molecule has 1 fully saturated rings. The van der Waals surface area contributed by atoms with Crippen LogP contribution < -0.4 is 5.32 Å². The van der Waals surface area contributed by atoms with Crippen LogP contribution in [0.2, 0.25) is 0 Å². The molecule has 106 valence electrons. The van der Waals surface area contributed by atoms with Crippen LogP contribution >= 0.6 is 0 Å². The fourth-order valence-corrected chi connectivity index (χ4v) is 3.42. The van der Waals surface area contributed by atoms with Gasteiger partial charge in [-0.2, -0.15) is 0 Å². The number of benzene rings is 1. The van der Waals surface area contributed by atoms with Crippen LogP contribution in [0.3, 0.4) is 0 Å². The summed E-state index contributed by atoms with van der Waals surface area (Å²) in [7, 11) is 0. The summed E-state index contributed by atoms with van der Waals surface area (Å²) in [6.45, 7) is 6.69. The van der Waals surface area contributed by atoms with Gasteiger partial charge in [0.1, 0.15) is 0 Å². The molecule has 0 bridgehead atoms. The van der Waals surface area contributed by atoms with Gasteiger partial charge < -0.3 is 5.32 Å². The van der Waals surface area contributed by atoms with Crippen molar-refractivity contribution < 1.29 is 0 Å². The van der Waals surface area contributed by atoms with Gasteiger partial charge in [-0.15, -0.1) is 0 Å². The molecule has 1 aromatic rings. The molecule has 0 spiro atoms. The van der Waals surface area contributed by atoms with Crippen molar-refractivity contribution in [3.8, 4) is 0 Å². The summed E-state index contributed by atoms with van der Waals surface area (Å²) >= 11 is 0. The maximum absolute atomic E-state index is 3.78. The van der Waals surface area contributed by atoms with Gasteiger partial charge in [0.25, 0.3) is 0 Å². The quantitative estimate of drug-likeness (QED) is 0.707. The average Bonchev–Trinajstić information content (AvgIpc) is 2.59. The normalized spacial score (nSPS) is 23.9. The fourth-order valence-electron chi connectivity index (χ4n) is 3.42. The van der Waals surface area contributed by atoms with Crippen molar-refractivity contribution in [2.75, 3.05) is 5.32 Å². The monoisotopic (exact) mass is 259 g/mol. The summed E-state index contributed by atoms with van der Waals surface area (Å²) in [6.07, 6.45) is 9.71. The maximum atomic E-state index is 3.78. The first kappa shape index (κ1) is 14.4. The van der Waals surface area contributed by atoms with E-state index >= 15 is 0 Å². The Morgan fingerprint density at radius 3 is 2.68 bits per heavy atom. The molecule has 0 heterocycles. The van der Waals surface area contributed by atoms with Crippen molar-refractivity contribution >= 4 is 5.69 Å². The Morgan fingerprint density at radius 2 is 1.95 bits per heavy atom. The van der Waals surface area contributed by atoms with Crippen LogP contribution in [0.4, 0.5) is 5.69 Å². The minimum absolute atomic E-state index is 0.684. The summed E-state index contributed by atoms with van der Waals surface area (Å²) < 4.78 is 0. The Bertz CT molecular complexity index is 397. The number of nitrogens with one attached hydrogen (secondary N) is 1. The predicted octanol–water partition coefficient (Wildman–Crippen LogP) is 5.46. The zero-order chi connectivity index (χ0) is 13.7. The maximum Gasteiger partial charge on any atom is 0.0372 e. The fraction of sp³-hybridized carbons (Fsp3) is 0.667. The van der Waals surface area contributed by atoms with E-state index in [2.05, 4.69) is 44.3 Å². The van der Waals surface area contributed by atoms with Gasteiger partial charge in [0.15, 0.2) is 0 Å². The molecule has 19 heavy (non-hydrogen) atoms. The van der Waals surface area contributed by atoms with E-state index < -0.39 is 0 Å². The molecular formula is C18H29N. The smallest absolute Gasteiger partial charge is 0.0372 e. The zero-order valence-corrected chi connectivity index (χ0v) is 12.8. The van der Waals surface area contributed by atoms with Gasteiger partial charge in [0.2, 0.25) is 0 Å². The summed E-state index contributed by atoms with van der Waals surface area (Å²) in [5.74, 6) is 0.982. The minimum atomic E-state index is 0.684. The zero-order valence-electron chi connectivity index (χ0n) is 12.8. The second-order valence-electron chi connectivity index (χ2n) is 6.32. The molecule has 1 nitrogen and oxygen atoms in total. The summed E-state index contributed by atoms with van der Waals surface area (Å²) in [6, 6.07) is 7.42. The molecule has 1 aromatic carbocycles. The Morgan fingerprint density at radius 1 is 1.11 bits per heavy atom. The Balaban J connectivity index is 1.92. The first-order valence-corrected chi connectivity index (χ1v) is 8.03. The molecule has 1 aliphatic carbocycles. The van der Waals surface area contributed by atoms with E-state index in [0.717, 1.165) is 5.92 Å². The lowest BCUT2D eigenvalue weighted by molar-refractivity contribution is 0.422. The molecule has 2 atom stereocenters.